The summed E-state index contributed by atoms with van der Waals surface area (Å²) in [5, 5.41) is 9.20. The van der Waals surface area contributed by atoms with Gasteiger partial charge in [0.25, 0.3) is 5.91 Å². The molecule has 36 heavy (non-hydrogen) atoms. The molecule has 0 atom stereocenters. The summed E-state index contributed by atoms with van der Waals surface area (Å²) in [6, 6.07) is 9.43. The number of hydrogen-bond donors (Lipinski definition) is 2. The van der Waals surface area contributed by atoms with E-state index in [2.05, 4.69) is 36.3 Å². The number of hydrogen-bond acceptors (Lipinski definition) is 4. The number of benzene rings is 1. The molecule has 8 rings (SSSR count). The third-order valence-electron chi connectivity index (χ3n) is 8.21. The zero-order valence-electron chi connectivity index (χ0n) is 19.4. The van der Waals surface area contributed by atoms with Gasteiger partial charge in [0, 0.05) is 52.3 Å². The normalized spacial score (nSPS) is 25.6. The summed E-state index contributed by atoms with van der Waals surface area (Å²) in [6.45, 7) is 1.44. The highest BCUT2D eigenvalue weighted by atomic mass is 79.9. The first-order valence-electron chi connectivity index (χ1n) is 12.2. The smallest absolute Gasteiger partial charge is 0.253 e. The number of likely N-dealkylation sites (tertiary alicyclic amines) is 1. The average Bonchev–Trinajstić information content (AvgIpc) is 3.45. The number of carbonyl (C=O) groups excluding carboxylic acids is 2. The number of carbonyl (C=O) groups is 2. The number of rotatable bonds is 4. The molecule has 2 bridgehead atoms. The van der Waals surface area contributed by atoms with Gasteiger partial charge in [0.2, 0.25) is 5.91 Å². The number of nitrogens with zero attached hydrogens (tertiary/aromatic N) is 4. The average molecular weight is 568 g/mol. The minimum absolute atomic E-state index is 0.170. The van der Waals surface area contributed by atoms with Crippen LogP contribution in [0.3, 0.4) is 0 Å². The van der Waals surface area contributed by atoms with E-state index in [0.29, 0.717) is 29.8 Å². The highest BCUT2D eigenvalue weighted by Crippen LogP contribution is 2.68. The minimum atomic E-state index is -0.317. The molecule has 3 aliphatic carbocycles. The Kier molecular flexibility index (Phi) is 4.83. The molecule has 3 aromatic heterocycles. The van der Waals surface area contributed by atoms with E-state index < -0.39 is 0 Å². The van der Waals surface area contributed by atoms with Crippen LogP contribution in [-0.2, 0) is 4.79 Å². The zero-order chi connectivity index (χ0) is 24.7. The van der Waals surface area contributed by atoms with Gasteiger partial charge in [0.15, 0.2) is 11.5 Å². The Morgan fingerprint density at radius 2 is 1.92 bits per heavy atom. The van der Waals surface area contributed by atoms with Gasteiger partial charge in [-0.25, -0.2) is 9.50 Å². The van der Waals surface area contributed by atoms with Gasteiger partial charge in [-0.2, -0.15) is 5.10 Å². The van der Waals surface area contributed by atoms with Crippen molar-refractivity contribution >= 4 is 55.9 Å². The first-order valence-corrected chi connectivity index (χ1v) is 13.4. The maximum absolute atomic E-state index is 13.4. The molecule has 0 unspecified atom stereocenters. The highest BCUT2D eigenvalue weighted by Gasteiger charge is 2.72. The van der Waals surface area contributed by atoms with Crippen molar-refractivity contribution in [3.05, 3.63) is 63.6 Å². The summed E-state index contributed by atoms with van der Waals surface area (Å²) < 4.78 is 2.76. The lowest BCUT2D eigenvalue weighted by Crippen LogP contribution is -2.78. The van der Waals surface area contributed by atoms with Crippen LogP contribution in [0, 0.1) is 5.41 Å². The lowest BCUT2D eigenvalue weighted by molar-refractivity contribution is -0.190. The van der Waals surface area contributed by atoms with Gasteiger partial charge in [0.1, 0.15) is 0 Å². The van der Waals surface area contributed by atoms with Gasteiger partial charge < -0.3 is 15.2 Å². The largest absolute Gasteiger partial charge is 0.361 e. The monoisotopic (exact) mass is 566 g/mol. The van der Waals surface area contributed by atoms with Gasteiger partial charge in [-0.1, -0.05) is 11.6 Å². The number of H-pyrrole nitrogens is 1. The number of aromatic amines is 1. The van der Waals surface area contributed by atoms with E-state index in [1.165, 1.54) is 0 Å². The summed E-state index contributed by atoms with van der Waals surface area (Å²) in [7, 11) is 0. The summed E-state index contributed by atoms with van der Waals surface area (Å²) in [5.74, 6) is 1.17. The van der Waals surface area contributed by atoms with E-state index in [0.717, 1.165) is 52.8 Å². The fraction of sp³-hybridized carbons (Fsp3) is 0.385. The van der Waals surface area contributed by atoms with Crippen molar-refractivity contribution in [2.45, 2.75) is 43.6 Å². The molecule has 4 aromatic rings. The molecule has 0 spiro atoms. The van der Waals surface area contributed by atoms with Gasteiger partial charge in [0.05, 0.1) is 16.0 Å². The van der Waals surface area contributed by atoms with Gasteiger partial charge in [-0.15, -0.1) is 0 Å². The van der Waals surface area contributed by atoms with Gasteiger partial charge in [-0.05, 0) is 78.4 Å². The van der Waals surface area contributed by atoms with Crippen LogP contribution in [-0.4, -0.2) is 54.9 Å². The second-order valence-electron chi connectivity index (χ2n) is 10.6. The van der Waals surface area contributed by atoms with Crippen LogP contribution in [0.25, 0.3) is 16.6 Å². The lowest BCUT2D eigenvalue weighted by atomic mass is 9.39. The van der Waals surface area contributed by atoms with Crippen LogP contribution in [0.4, 0.5) is 0 Å². The standard InChI is InChI=1S/C26H24BrClN6O2/c27-17-1-2-21-30-22(32-34(21)11-17)15-4-7-33(8-5-15)24(36)25-12-26(13-25,14-25)31-23(35)18-9-16-3-6-29-20(16)10-19(18)28/h1-3,6,9-11,15,29H,4-5,7-8,12-14H2,(H,31,35). The fourth-order valence-electron chi connectivity index (χ4n) is 6.43. The maximum Gasteiger partial charge on any atom is 0.253 e. The fourth-order valence-corrected chi connectivity index (χ4v) is 7.00. The Morgan fingerprint density at radius 1 is 1.14 bits per heavy atom. The van der Waals surface area contributed by atoms with Gasteiger partial charge >= 0.3 is 0 Å². The number of pyridine rings is 1. The molecule has 3 saturated carbocycles. The third-order valence-corrected chi connectivity index (χ3v) is 8.99. The Bertz CT molecular complexity index is 1530. The van der Waals surface area contributed by atoms with Crippen molar-refractivity contribution in [2.24, 2.45) is 5.41 Å². The third kappa shape index (κ3) is 3.39. The topological polar surface area (TPSA) is 95.4 Å². The maximum atomic E-state index is 13.4. The molecule has 4 aliphatic rings. The molecule has 1 saturated heterocycles. The zero-order valence-corrected chi connectivity index (χ0v) is 21.8. The molecule has 4 fully saturated rings. The first-order chi connectivity index (χ1) is 17.3. The van der Waals surface area contributed by atoms with Crippen LogP contribution < -0.4 is 5.32 Å². The highest BCUT2D eigenvalue weighted by molar-refractivity contribution is 9.10. The summed E-state index contributed by atoms with van der Waals surface area (Å²) >= 11 is 9.84. The van der Waals surface area contributed by atoms with Crippen LogP contribution >= 0.6 is 27.5 Å². The number of aromatic nitrogens is 4. The summed E-state index contributed by atoms with van der Waals surface area (Å²) in [6.07, 6.45) is 7.58. The van der Waals surface area contributed by atoms with Crippen molar-refractivity contribution < 1.29 is 9.59 Å². The van der Waals surface area contributed by atoms with E-state index in [4.69, 9.17) is 11.6 Å². The Balaban J connectivity index is 0.964. The molecule has 8 nitrogen and oxygen atoms in total. The van der Waals surface area contributed by atoms with Crippen molar-refractivity contribution in [3.8, 4) is 0 Å². The Morgan fingerprint density at radius 3 is 2.69 bits per heavy atom. The molecule has 2 amide bonds. The number of nitrogens with one attached hydrogen (secondary N) is 2. The second kappa shape index (κ2) is 7.79. The number of piperidine rings is 1. The van der Waals surface area contributed by atoms with Crippen LogP contribution in [0.2, 0.25) is 5.02 Å². The number of amides is 2. The van der Waals surface area contributed by atoms with Crippen molar-refractivity contribution in [2.75, 3.05) is 13.1 Å². The van der Waals surface area contributed by atoms with E-state index in [-0.39, 0.29) is 28.7 Å². The first kappa shape index (κ1) is 22.3. The summed E-state index contributed by atoms with van der Waals surface area (Å²) in [4.78, 5) is 36.2. The molecule has 1 aromatic carbocycles. The van der Waals surface area contributed by atoms with E-state index in [1.807, 2.05) is 41.6 Å². The molecule has 0 radical (unpaired) electrons. The molecule has 4 heterocycles. The van der Waals surface area contributed by atoms with Crippen LogP contribution in [0.1, 0.15) is 54.2 Å². The quantitative estimate of drug-likeness (QED) is 0.374. The molecular formula is C26H24BrClN6O2. The van der Waals surface area contributed by atoms with E-state index in [9.17, 15) is 9.59 Å². The molecule has 184 valence electrons. The van der Waals surface area contributed by atoms with Crippen LogP contribution in [0.15, 0.2) is 47.2 Å². The summed E-state index contributed by atoms with van der Waals surface area (Å²) in [5.41, 5.74) is 1.62. The van der Waals surface area contributed by atoms with E-state index in [1.54, 1.807) is 10.6 Å². The number of fused-ring (bicyclic) bond motifs is 2. The van der Waals surface area contributed by atoms with Gasteiger partial charge in [-0.3, -0.25) is 9.59 Å². The van der Waals surface area contributed by atoms with Crippen molar-refractivity contribution in [1.29, 1.82) is 0 Å². The SMILES string of the molecule is O=C(NC12CC(C(=O)N3CCC(c4nc5ccc(Br)cn5n4)CC3)(C1)C2)c1cc2cc[nH]c2cc1Cl. The lowest BCUT2D eigenvalue weighted by Gasteiger charge is -2.70. The predicted octanol–water partition coefficient (Wildman–Crippen LogP) is 4.69. The van der Waals surface area contributed by atoms with Crippen LogP contribution in [0.5, 0.6) is 0 Å². The second-order valence-corrected chi connectivity index (χ2v) is 12.0. The molecule has 1 aliphatic heterocycles. The Hall–Kier alpha value is -2.91. The number of halogens is 2. The predicted molar refractivity (Wildman–Crippen MR) is 139 cm³/mol. The molecule has 10 heteroatoms. The van der Waals surface area contributed by atoms with Crippen molar-refractivity contribution in [1.82, 2.24) is 29.8 Å². The molecular weight excluding hydrogens is 544 g/mol. The Labute approximate surface area is 220 Å². The van der Waals surface area contributed by atoms with E-state index >= 15 is 0 Å². The van der Waals surface area contributed by atoms with Crippen molar-refractivity contribution in [3.63, 3.8) is 0 Å². The molecule has 2 N–H and O–H groups in total. The minimum Gasteiger partial charge on any atom is -0.361 e.